The van der Waals surface area contributed by atoms with Gasteiger partial charge in [-0.15, -0.1) is 11.3 Å². The van der Waals surface area contributed by atoms with E-state index in [1.54, 1.807) is 11.1 Å². The van der Waals surface area contributed by atoms with Crippen LogP contribution in [0.3, 0.4) is 0 Å². The Kier molecular flexibility index (Phi) is 5.51. The van der Waals surface area contributed by atoms with Gasteiger partial charge in [-0.2, -0.15) is 0 Å². The van der Waals surface area contributed by atoms with E-state index in [1.165, 1.54) is 17.4 Å². The van der Waals surface area contributed by atoms with Gasteiger partial charge in [0.05, 0.1) is 28.3 Å². The molecule has 2 unspecified atom stereocenters. The molecule has 2 aromatic heterocycles. The van der Waals surface area contributed by atoms with Crippen molar-refractivity contribution in [3.63, 3.8) is 0 Å². The van der Waals surface area contributed by atoms with E-state index >= 15 is 0 Å². The first kappa shape index (κ1) is 21.0. The summed E-state index contributed by atoms with van der Waals surface area (Å²) in [6.07, 6.45) is 4.65. The lowest BCUT2D eigenvalue weighted by Crippen LogP contribution is -2.60. The van der Waals surface area contributed by atoms with Gasteiger partial charge in [0, 0.05) is 29.7 Å². The highest BCUT2D eigenvalue weighted by atomic mass is 32.1. The second kappa shape index (κ2) is 8.13. The Labute approximate surface area is 183 Å². The van der Waals surface area contributed by atoms with Gasteiger partial charge in [-0.25, -0.2) is 0 Å². The zero-order chi connectivity index (χ0) is 22.3. The molecule has 0 radical (unpaired) electrons. The summed E-state index contributed by atoms with van der Waals surface area (Å²) in [4.78, 5) is 29.5. The molecule has 3 aromatic rings. The molecule has 1 aliphatic rings. The maximum atomic E-state index is 12.8. The number of β-amino-alcohol motifs (C(OH)–C–C–N with tert-alkyl or cyclic N) is 1. The summed E-state index contributed by atoms with van der Waals surface area (Å²) in [5.74, 6) is 0.830. The molecular formula is C23H23N3O4S. The Morgan fingerprint density at radius 3 is 2.77 bits per heavy atom. The molecule has 1 aliphatic heterocycles. The number of aldehydes is 1. The minimum atomic E-state index is -0.491. The number of ether oxygens (including phenoxy) is 1. The predicted octanol–water partition coefficient (Wildman–Crippen LogP) is 3.93. The third-order valence-corrected chi connectivity index (χ3v) is 7.01. The fraction of sp³-hybridized carbons (Fsp3) is 0.261. The summed E-state index contributed by atoms with van der Waals surface area (Å²) in [6, 6.07) is 5.39. The molecule has 160 valence electrons. The van der Waals surface area contributed by atoms with Gasteiger partial charge in [-0.1, -0.05) is 0 Å². The summed E-state index contributed by atoms with van der Waals surface area (Å²) in [7, 11) is 0. The van der Waals surface area contributed by atoms with Gasteiger partial charge in [-0.05, 0) is 55.5 Å². The number of aliphatic hydroxyl groups is 1. The normalized spacial score (nSPS) is 18.7. The zero-order valence-corrected chi connectivity index (χ0v) is 18.2. The number of carbonyl (C=O) groups is 2. The van der Waals surface area contributed by atoms with Crippen molar-refractivity contribution in [1.82, 2.24) is 9.88 Å². The molecule has 2 atom stereocenters. The van der Waals surface area contributed by atoms with Gasteiger partial charge in [-0.3, -0.25) is 9.59 Å². The predicted molar refractivity (Wildman–Crippen MR) is 121 cm³/mol. The van der Waals surface area contributed by atoms with Gasteiger partial charge in [0.1, 0.15) is 5.75 Å². The fourth-order valence-corrected chi connectivity index (χ4v) is 4.81. The number of aryl methyl sites for hydroxylation is 1. The molecule has 3 N–H and O–H groups in total. The lowest BCUT2D eigenvalue weighted by atomic mass is 9.99. The molecule has 4 rings (SSSR count). The van der Waals surface area contributed by atoms with Gasteiger partial charge in [0.15, 0.2) is 12.0 Å². The molecular weight excluding hydrogens is 414 g/mol. The number of amides is 1. The van der Waals surface area contributed by atoms with E-state index in [9.17, 15) is 14.7 Å². The summed E-state index contributed by atoms with van der Waals surface area (Å²) in [6.45, 7) is 5.88. The number of fused-ring (bicyclic) bond motifs is 1. The molecule has 0 spiro atoms. The molecule has 7 nitrogen and oxygen atoms in total. The fourth-order valence-electron chi connectivity index (χ4n) is 3.76. The number of likely N-dealkylation sites (tertiary alicyclic amines) is 1. The van der Waals surface area contributed by atoms with Crippen molar-refractivity contribution in [3.8, 4) is 5.75 Å². The zero-order valence-electron chi connectivity index (χ0n) is 17.4. The minimum Gasteiger partial charge on any atom is -0.455 e. The number of aromatic amines is 1. The number of aromatic nitrogens is 1. The smallest absolute Gasteiger partial charge is 0.256 e. The Bertz CT molecular complexity index is 1220. The lowest BCUT2D eigenvalue weighted by molar-refractivity contribution is -0.0357. The minimum absolute atomic E-state index is 0.149. The number of hydrogen-bond acceptors (Lipinski definition) is 6. The summed E-state index contributed by atoms with van der Waals surface area (Å²) in [5, 5.41) is 18.2. The molecule has 3 heterocycles. The van der Waals surface area contributed by atoms with Crippen LogP contribution in [0.4, 0.5) is 0 Å². The van der Waals surface area contributed by atoms with Crippen LogP contribution in [0.1, 0.15) is 43.8 Å². The number of thiophene rings is 1. The van der Waals surface area contributed by atoms with E-state index in [1.807, 2.05) is 39.0 Å². The first-order chi connectivity index (χ1) is 14.8. The first-order valence-corrected chi connectivity index (χ1v) is 10.7. The number of H-pyrrole nitrogens is 1. The molecule has 1 aromatic carbocycles. The van der Waals surface area contributed by atoms with Crippen molar-refractivity contribution < 1.29 is 19.4 Å². The van der Waals surface area contributed by atoms with E-state index in [0.29, 0.717) is 39.8 Å². The van der Waals surface area contributed by atoms with Crippen molar-refractivity contribution in [2.24, 2.45) is 0 Å². The highest BCUT2D eigenvalue weighted by Crippen LogP contribution is 2.34. The third-order valence-electron chi connectivity index (χ3n) is 5.83. The number of nitrogens with zero attached hydrogens (tertiary/aromatic N) is 1. The van der Waals surface area contributed by atoms with Crippen LogP contribution in [0, 0.1) is 19.3 Å². The SMILES string of the molecule is Cc1c(C(=O)N2CC(O)C2C)c[nH]c1/C(=C\C=N)Oc1ccc2c(C)c(C=O)sc2c1. The monoisotopic (exact) mass is 437 g/mol. The number of nitrogens with one attached hydrogen (secondary N) is 2. The Morgan fingerprint density at radius 1 is 1.35 bits per heavy atom. The van der Waals surface area contributed by atoms with Crippen LogP contribution in [0.2, 0.25) is 0 Å². The van der Waals surface area contributed by atoms with Crippen molar-refractivity contribution in [3.05, 3.63) is 57.7 Å². The van der Waals surface area contributed by atoms with Crippen LogP contribution in [-0.4, -0.2) is 52.1 Å². The second-order valence-corrected chi connectivity index (χ2v) is 8.72. The number of hydrogen-bond donors (Lipinski definition) is 3. The van der Waals surface area contributed by atoms with Crippen molar-refractivity contribution in [2.45, 2.75) is 32.9 Å². The average Bonchev–Trinajstić information content (AvgIpc) is 3.30. The summed E-state index contributed by atoms with van der Waals surface area (Å²) in [5.41, 5.74) is 2.78. The first-order valence-electron chi connectivity index (χ1n) is 9.90. The summed E-state index contributed by atoms with van der Waals surface area (Å²) >= 11 is 1.41. The lowest BCUT2D eigenvalue weighted by Gasteiger charge is -2.43. The van der Waals surface area contributed by atoms with Crippen molar-refractivity contribution in [1.29, 1.82) is 5.41 Å². The van der Waals surface area contributed by atoms with Crippen LogP contribution >= 0.6 is 11.3 Å². The topological polar surface area (TPSA) is 106 Å². The number of rotatable bonds is 6. The third kappa shape index (κ3) is 3.58. The molecule has 8 heteroatoms. The highest BCUT2D eigenvalue weighted by molar-refractivity contribution is 7.20. The molecule has 0 aliphatic carbocycles. The van der Waals surface area contributed by atoms with E-state index in [-0.39, 0.29) is 11.9 Å². The highest BCUT2D eigenvalue weighted by Gasteiger charge is 2.38. The number of aliphatic hydroxyl groups excluding tert-OH is 1. The molecule has 1 saturated heterocycles. The molecule has 31 heavy (non-hydrogen) atoms. The maximum Gasteiger partial charge on any atom is 0.256 e. The van der Waals surface area contributed by atoms with Crippen LogP contribution < -0.4 is 4.74 Å². The van der Waals surface area contributed by atoms with E-state index in [0.717, 1.165) is 28.2 Å². The van der Waals surface area contributed by atoms with E-state index < -0.39 is 6.10 Å². The van der Waals surface area contributed by atoms with E-state index in [2.05, 4.69) is 4.98 Å². The maximum absolute atomic E-state index is 12.8. The quantitative estimate of drug-likeness (QED) is 0.309. The average molecular weight is 438 g/mol. The van der Waals surface area contributed by atoms with Crippen LogP contribution in [0.15, 0.2) is 30.5 Å². The molecule has 0 saturated carbocycles. The van der Waals surface area contributed by atoms with Gasteiger partial charge in [0.25, 0.3) is 5.91 Å². The van der Waals surface area contributed by atoms with Crippen molar-refractivity contribution >= 4 is 45.6 Å². The van der Waals surface area contributed by atoms with E-state index in [4.69, 9.17) is 10.1 Å². The van der Waals surface area contributed by atoms with Gasteiger partial charge in [0.2, 0.25) is 0 Å². The van der Waals surface area contributed by atoms with Crippen molar-refractivity contribution in [2.75, 3.05) is 6.54 Å². The Balaban J connectivity index is 1.63. The van der Waals surface area contributed by atoms with Gasteiger partial charge < -0.3 is 25.1 Å². The molecule has 1 amide bonds. The van der Waals surface area contributed by atoms with Gasteiger partial charge >= 0.3 is 0 Å². The Morgan fingerprint density at radius 2 is 2.13 bits per heavy atom. The summed E-state index contributed by atoms with van der Waals surface area (Å²) < 4.78 is 7.02. The number of allylic oxidation sites excluding steroid dienone is 1. The Hall–Kier alpha value is -3.23. The molecule has 1 fully saturated rings. The van der Waals surface area contributed by atoms with Crippen LogP contribution in [0.25, 0.3) is 15.8 Å². The number of carbonyl (C=O) groups excluding carboxylic acids is 2. The standard InChI is InChI=1S/C23H23N3O4S/c1-12-16-5-4-15(8-20(16)31-21(12)11-27)30-19(6-7-24)22-13(2)17(9-25-22)23(29)26-10-18(28)14(26)3/h4-9,11,14,18,24-25,28H,10H2,1-3H3/b19-6+,24-7?. The second-order valence-electron chi connectivity index (χ2n) is 7.63. The van der Waals surface area contributed by atoms with Crippen LogP contribution in [0.5, 0.6) is 5.75 Å². The number of benzene rings is 1. The largest absolute Gasteiger partial charge is 0.455 e. The molecule has 0 bridgehead atoms. The van der Waals surface area contributed by atoms with Crippen LogP contribution in [-0.2, 0) is 0 Å².